The summed E-state index contributed by atoms with van der Waals surface area (Å²) in [4.78, 5) is 13.0. The minimum absolute atomic E-state index is 0.0910. The molecule has 1 amide bonds. The molecule has 1 aliphatic rings. The van der Waals surface area contributed by atoms with Crippen LogP contribution >= 0.6 is 0 Å². The first-order chi connectivity index (χ1) is 8.85. The zero-order chi connectivity index (χ0) is 14.0. The standard InChI is InChI=1S/C11H13NO6S/c1-19(15,16)17-7-10-6-12(11(14)18-10)8-2-4-9(13)5-3-8/h2-5,10,13H,6-7H2,1H3/t10-/m0/s1. The molecule has 1 heterocycles. The van der Waals surface area contributed by atoms with Gasteiger partial charge in [0.2, 0.25) is 0 Å². The molecule has 0 radical (unpaired) electrons. The Kier molecular flexibility index (Phi) is 3.63. The number of ether oxygens (including phenoxy) is 1. The van der Waals surface area contributed by atoms with Crippen molar-refractivity contribution in [1.82, 2.24) is 0 Å². The Morgan fingerprint density at radius 3 is 2.63 bits per heavy atom. The second-order valence-corrected chi connectivity index (χ2v) is 5.77. The van der Waals surface area contributed by atoms with Crippen LogP contribution in [0.15, 0.2) is 24.3 Å². The van der Waals surface area contributed by atoms with Crippen molar-refractivity contribution in [2.75, 3.05) is 24.3 Å². The first kappa shape index (κ1) is 13.6. The van der Waals surface area contributed by atoms with E-state index in [1.54, 1.807) is 12.1 Å². The van der Waals surface area contributed by atoms with Gasteiger partial charge in [-0.3, -0.25) is 9.08 Å². The first-order valence-electron chi connectivity index (χ1n) is 5.47. The highest BCUT2D eigenvalue weighted by molar-refractivity contribution is 7.85. The second-order valence-electron chi connectivity index (χ2n) is 4.12. The van der Waals surface area contributed by atoms with E-state index in [-0.39, 0.29) is 18.9 Å². The van der Waals surface area contributed by atoms with Crippen molar-refractivity contribution in [2.24, 2.45) is 0 Å². The Hall–Kier alpha value is -1.80. The highest BCUT2D eigenvalue weighted by atomic mass is 32.2. The van der Waals surface area contributed by atoms with Crippen molar-refractivity contribution in [3.63, 3.8) is 0 Å². The number of phenolic OH excluding ortho intramolecular Hbond substituents is 1. The van der Waals surface area contributed by atoms with Crippen molar-refractivity contribution in [3.8, 4) is 5.75 Å². The number of hydrogen-bond acceptors (Lipinski definition) is 6. The molecule has 7 nitrogen and oxygen atoms in total. The average Bonchev–Trinajstić information content (AvgIpc) is 2.68. The van der Waals surface area contributed by atoms with Gasteiger partial charge in [0.1, 0.15) is 18.5 Å². The molecule has 1 saturated heterocycles. The molecule has 0 spiro atoms. The molecule has 1 fully saturated rings. The summed E-state index contributed by atoms with van der Waals surface area (Å²) < 4.78 is 31.3. The van der Waals surface area contributed by atoms with Crippen molar-refractivity contribution in [2.45, 2.75) is 6.10 Å². The molecule has 0 aliphatic carbocycles. The molecule has 1 atom stereocenters. The number of nitrogens with zero attached hydrogens (tertiary/aromatic N) is 1. The third-order valence-corrected chi connectivity index (χ3v) is 3.07. The fourth-order valence-corrected chi connectivity index (χ4v) is 2.05. The van der Waals surface area contributed by atoms with Gasteiger partial charge in [0.15, 0.2) is 0 Å². The predicted octanol–water partition coefficient (Wildman–Crippen LogP) is 0.694. The normalized spacial score (nSPS) is 19.5. The maximum absolute atomic E-state index is 11.6. The van der Waals surface area contributed by atoms with Gasteiger partial charge in [-0.1, -0.05) is 0 Å². The summed E-state index contributed by atoms with van der Waals surface area (Å²) in [6, 6.07) is 6.03. The van der Waals surface area contributed by atoms with E-state index in [0.717, 1.165) is 6.26 Å². The highest BCUT2D eigenvalue weighted by Gasteiger charge is 2.33. The van der Waals surface area contributed by atoms with Gasteiger partial charge in [0.25, 0.3) is 10.1 Å². The van der Waals surface area contributed by atoms with Crippen LogP contribution in [0.3, 0.4) is 0 Å². The fraction of sp³-hybridized carbons (Fsp3) is 0.364. The molecular formula is C11H13NO6S. The largest absolute Gasteiger partial charge is 0.508 e. The first-order valence-corrected chi connectivity index (χ1v) is 7.28. The summed E-state index contributed by atoms with van der Waals surface area (Å²) in [6.45, 7) is -0.0156. The Morgan fingerprint density at radius 1 is 1.42 bits per heavy atom. The van der Waals surface area contributed by atoms with Crippen LogP contribution in [0.25, 0.3) is 0 Å². The van der Waals surface area contributed by atoms with E-state index in [9.17, 15) is 13.2 Å². The quantitative estimate of drug-likeness (QED) is 0.819. The topological polar surface area (TPSA) is 93.1 Å². The Balaban J connectivity index is 2.01. The lowest BCUT2D eigenvalue weighted by Gasteiger charge is -2.12. The SMILES string of the molecule is CS(=O)(=O)OC[C@@H]1CN(c2ccc(O)cc2)C(=O)O1. The molecule has 1 aromatic carbocycles. The molecule has 1 aliphatic heterocycles. The summed E-state index contributed by atoms with van der Waals surface area (Å²) >= 11 is 0. The molecule has 1 N–H and O–H groups in total. The molecule has 0 saturated carbocycles. The average molecular weight is 287 g/mol. The molecule has 1 aromatic rings. The number of carbonyl (C=O) groups excluding carboxylic acids is 1. The zero-order valence-electron chi connectivity index (χ0n) is 10.1. The summed E-state index contributed by atoms with van der Waals surface area (Å²) in [5, 5.41) is 9.17. The number of aromatic hydroxyl groups is 1. The van der Waals surface area contributed by atoms with Crippen molar-refractivity contribution in [1.29, 1.82) is 0 Å². The molecule has 0 bridgehead atoms. The monoisotopic (exact) mass is 287 g/mol. The summed E-state index contributed by atoms with van der Waals surface area (Å²) in [5.74, 6) is 0.0910. The Labute approximate surface area is 110 Å². The number of anilines is 1. The minimum atomic E-state index is -3.56. The van der Waals surface area contributed by atoms with Crippen LogP contribution in [0.4, 0.5) is 10.5 Å². The van der Waals surface area contributed by atoms with Crippen LogP contribution in [-0.2, 0) is 19.0 Å². The van der Waals surface area contributed by atoms with Gasteiger partial charge >= 0.3 is 6.09 Å². The highest BCUT2D eigenvalue weighted by Crippen LogP contribution is 2.23. The minimum Gasteiger partial charge on any atom is -0.508 e. The summed E-state index contributed by atoms with van der Waals surface area (Å²) in [7, 11) is -3.56. The number of cyclic esters (lactones) is 1. The second kappa shape index (κ2) is 5.06. The number of rotatable bonds is 4. The van der Waals surface area contributed by atoms with Gasteiger partial charge in [0, 0.05) is 5.69 Å². The van der Waals surface area contributed by atoms with Gasteiger partial charge in [-0.15, -0.1) is 0 Å². The van der Waals surface area contributed by atoms with Gasteiger partial charge in [-0.25, -0.2) is 4.79 Å². The van der Waals surface area contributed by atoms with Gasteiger partial charge in [-0.05, 0) is 24.3 Å². The van der Waals surface area contributed by atoms with E-state index < -0.39 is 22.3 Å². The van der Waals surface area contributed by atoms with Crippen LogP contribution in [0.2, 0.25) is 0 Å². The van der Waals surface area contributed by atoms with Crippen molar-refractivity contribution < 1.29 is 27.2 Å². The number of hydrogen-bond donors (Lipinski definition) is 1. The Morgan fingerprint density at radius 2 is 2.05 bits per heavy atom. The van der Waals surface area contributed by atoms with E-state index in [0.29, 0.717) is 5.69 Å². The number of amides is 1. The molecule has 19 heavy (non-hydrogen) atoms. The van der Waals surface area contributed by atoms with Gasteiger partial charge < -0.3 is 9.84 Å². The third kappa shape index (κ3) is 3.58. The van der Waals surface area contributed by atoms with Crippen molar-refractivity contribution in [3.05, 3.63) is 24.3 Å². The van der Waals surface area contributed by atoms with Crippen LogP contribution < -0.4 is 4.90 Å². The predicted molar refractivity (Wildman–Crippen MR) is 66.5 cm³/mol. The molecular weight excluding hydrogens is 274 g/mol. The lowest BCUT2D eigenvalue weighted by Crippen LogP contribution is -2.26. The lowest BCUT2D eigenvalue weighted by molar-refractivity contribution is 0.107. The van der Waals surface area contributed by atoms with E-state index >= 15 is 0 Å². The van der Waals surface area contributed by atoms with E-state index in [2.05, 4.69) is 4.18 Å². The maximum atomic E-state index is 11.6. The molecule has 2 rings (SSSR count). The molecule has 0 aromatic heterocycles. The molecule has 0 unspecified atom stereocenters. The maximum Gasteiger partial charge on any atom is 0.414 e. The van der Waals surface area contributed by atoms with Crippen LogP contribution in [0.1, 0.15) is 0 Å². The Bertz CT molecular complexity index is 567. The lowest BCUT2D eigenvalue weighted by atomic mass is 10.2. The van der Waals surface area contributed by atoms with Crippen molar-refractivity contribution >= 4 is 21.9 Å². The number of phenols is 1. The van der Waals surface area contributed by atoms with E-state index in [4.69, 9.17) is 9.84 Å². The van der Waals surface area contributed by atoms with Crippen LogP contribution in [0, 0.1) is 0 Å². The van der Waals surface area contributed by atoms with E-state index in [1.807, 2.05) is 0 Å². The molecule has 104 valence electrons. The van der Waals surface area contributed by atoms with Gasteiger partial charge in [-0.2, -0.15) is 8.42 Å². The summed E-state index contributed by atoms with van der Waals surface area (Å²) in [5.41, 5.74) is 0.560. The third-order valence-electron chi connectivity index (χ3n) is 2.50. The fourth-order valence-electron chi connectivity index (χ4n) is 1.65. The van der Waals surface area contributed by atoms with Crippen LogP contribution in [0.5, 0.6) is 5.75 Å². The molecule has 8 heteroatoms. The number of benzene rings is 1. The number of carbonyl (C=O) groups is 1. The zero-order valence-corrected chi connectivity index (χ0v) is 11.0. The van der Waals surface area contributed by atoms with E-state index in [1.165, 1.54) is 17.0 Å². The van der Waals surface area contributed by atoms with Gasteiger partial charge in [0.05, 0.1) is 12.8 Å². The van der Waals surface area contributed by atoms with Crippen LogP contribution in [-0.4, -0.2) is 45.1 Å². The smallest absolute Gasteiger partial charge is 0.414 e. The summed E-state index contributed by atoms with van der Waals surface area (Å²) in [6.07, 6.45) is -0.287.